The fourth-order valence-electron chi connectivity index (χ4n) is 5.07. The Kier molecular flexibility index (Phi) is 6.70. The second kappa shape index (κ2) is 10.2. The van der Waals surface area contributed by atoms with Gasteiger partial charge in [0.1, 0.15) is 12.4 Å². The molecule has 6 rings (SSSR count). The van der Waals surface area contributed by atoms with E-state index in [1.807, 2.05) is 0 Å². The highest BCUT2D eigenvalue weighted by atomic mass is 19.4. The monoisotopic (exact) mass is 617 g/mol. The summed E-state index contributed by atoms with van der Waals surface area (Å²) in [4.78, 5) is 17.1. The minimum atomic E-state index is -4.80. The Balaban J connectivity index is 1.47. The number of halogens is 7. The highest BCUT2D eigenvalue weighted by Gasteiger charge is 2.41. The van der Waals surface area contributed by atoms with Crippen LogP contribution >= 0.6 is 0 Å². The molecule has 0 radical (unpaired) electrons. The van der Waals surface area contributed by atoms with Gasteiger partial charge in [-0.05, 0) is 12.1 Å². The summed E-state index contributed by atoms with van der Waals surface area (Å²) in [5.41, 5.74) is -1.41. The molecule has 226 valence electrons. The highest BCUT2D eigenvalue weighted by molar-refractivity contribution is 5.87. The van der Waals surface area contributed by atoms with Crippen molar-refractivity contribution in [1.29, 1.82) is 5.26 Å². The lowest BCUT2D eigenvalue weighted by molar-refractivity contribution is -0.211. The first-order chi connectivity index (χ1) is 20.8. The SMILES string of the molecule is Cn1cnnc1C1(F)CCN(c2c(C#N)cc(-c3cnc(C(F)(F)F)nc3)nc2-c2cnc3nn(C(F)(F)F)cc3c2)CC1. The normalized spacial score (nSPS) is 15.5. The van der Waals surface area contributed by atoms with Crippen molar-refractivity contribution in [1.82, 2.24) is 44.5 Å². The fourth-order valence-corrected chi connectivity index (χ4v) is 5.07. The highest BCUT2D eigenvalue weighted by Crippen LogP contribution is 2.42. The van der Waals surface area contributed by atoms with E-state index in [0.29, 0.717) is 0 Å². The zero-order valence-electron chi connectivity index (χ0n) is 22.4. The first kappa shape index (κ1) is 28.9. The molecule has 1 saturated heterocycles. The first-order valence-electron chi connectivity index (χ1n) is 12.8. The number of nitrogens with zero attached hydrogens (tertiary/aromatic N) is 11. The van der Waals surface area contributed by atoms with Gasteiger partial charge in [0.25, 0.3) is 0 Å². The van der Waals surface area contributed by atoms with E-state index in [9.17, 15) is 31.6 Å². The molecule has 1 aliphatic heterocycles. The lowest BCUT2D eigenvalue weighted by Crippen LogP contribution is -2.42. The van der Waals surface area contributed by atoms with E-state index in [0.717, 1.165) is 18.6 Å². The summed E-state index contributed by atoms with van der Waals surface area (Å²) < 4.78 is 96.2. The smallest absolute Gasteiger partial charge is 0.368 e. The molecule has 0 bridgehead atoms. The van der Waals surface area contributed by atoms with Crippen molar-refractivity contribution in [2.75, 3.05) is 18.0 Å². The topological polar surface area (TPSA) is 127 Å². The molecule has 0 spiro atoms. The zero-order valence-corrected chi connectivity index (χ0v) is 22.4. The molecule has 0 aromatic carbocycles. The Hall–Kier alpha value is -5.21. The number of alkyl halides is 7. The summed E-state index contributed by atoms with van der Waals surface area (Å²) in [6.45, 7) is 0.189. The van der Waals surface area contributed by atoms with Crippen LogP contribution in [-0.4, -0.2) is 57.6 Å². The molecule has 5 aromatic heterocycles. The zero-order chi connectivity index (χ0) is 31.4. The number of anilines is 1. The number of fused-ring (bicyclic) bond motifs is 1. The van der Waals surface area contributed by atoms with E-state index in [1.54, 1.807) is 11.9 Å². The van der Waals surface area contributed by atoms with Crippen molar-refractivity contribution in [2.45, 2.75) is 31.0 Å². The number of hydrogen-bond acceptors (Lipinski definition) is 9. The molecule has 0 unspecified atom stereocenters. The van der Waals surface area contributed by atoms with Crippen molar-refractivity contribution < 1.29 is 30.7 Å². The van der Waals surface area contributed by atoms with Gasteiger partial charge in [-0.3, -0.25) is 0 Å². The van der Waals surface area contributed by atoms with E-state index >= 15 is 4.39 Å². The van der Waals surface area contributed by atoms with E-state index in [4.69, 9.17) is 0 Å². The van der Waals surface area contributed by atoms with E-state index in [-0.39, 0.29) is 81.2 Å². The van der Waals surface area contributed by atoms with Crippen LogP contribution in [0.4, 0.5) is 36.4 Å². The predicted molar refractivity (Wildman–Crippen MR) is 138 cm³/mol. The maximum atomic E-state index is 15.9. The summed E-state index contributed by atoms with van der Waals surface area (Å²) >= 11 is 0. The van der Waals surface area contributed by atoms with Gasteiger partial charge < -0.3 is 9.47 Å². The van der Waals surface area contributed by atoms with Crippen LogP contribution in [0.5, 0.6) is 0 Å². The van der Waals surface area contributed by atoms with Gasteiger partial charge in [0.2, 0.25) is 5.82 Å². The van der Waals surface area contributed by atoms with E-state index in [1.165, 1.54) is 29.2 Å². The third-order valence-electron chi connectivity index (χ3n) is 7.19. The van der Waals surface area contributed by atoms with Crippen molar-refractivity contribution in [3.8, 4) is 28.6 Å². The fraction of sp³-hybridized carbons (Fsp3) is 0.308. The number of aromatic nitrogens is 9. The van der Waals surface area contributed by atoms with Gasteiger partial charge in [0, 0.05) is 74.3 Å². The van der Waals surface area contributed by atoms with Gasteiger partial charge in [-0.1, -0.05) is 0 Å². The number of rotatable bonds is 4. The first-order valence-corrected chi connectivity index (χ1v) is 12.8. The van der Waals surface area contributed by atoms with Crippen LogP contribution in [0.3, 0.4) is 0 Å². The van der Waals surface area contributed by atoms with Crippen LogP contribution in [0, 0.1) is 11.3 Å². The van der Waals surface area contributed by atoms with E-state index in [2.05, 4.69) is 41.3 Å². The quantitative estimate of drug-likeness (QED) is 0.259. The molecule has 0 aliphatic carbocycles. The van der Waals surface area contributed by atoms with Gasteiger partial charge in [-0.25, -0.2) is 24.3 Å². The second-order valence-electron chi connectivity index (χ2n) is 10.1. The molecule has 5 aromatic rings. The Bertz CT molecular complexity index is 1890. The summed E-state index contributed by atoms with van der Waals surface area (Å²) in [7, 11) is 1.62. The van der Waals surface area contributed by atoms with Gasteiger partial charge >= 0.3 is 12.5 Å². The molecule has 44 heavy (non-hydrogen) atoms. The van der Waals surface area contributed by atoms with Crippen LogP contribution in [0.1, 0.15) is 30.1 Å². The second-order valence-corrected chi connectivity index (χ2v) is 10.1. The van der Waals surface area contributed by atoms with Crippen molar-refractivity contribution in [3.05, 3.63) is 60.5 Å². The number of piperidine rings is 1. The molecule has 0 saturated carbocycles. The lowest BCUT2D eigenvalue weighted by atomic mass is 9.91. The molecule has 0 N–H and O–H groups in total. The molecule has 18 heteroatoms. The summed E-state index contributed by atoms with van der Waals surface area (Å²) in [5, 5.41) is 21.3. The van der Waals surface area contributed by atoms with Crippen molar-refractivity contribution >= 4 is 16.7 Å². The molecule has 0 amide bonds. The van der Waals surface area contributed by atoms with Gasteiger partial charge in [0.15, 0.2) is 17.1 Å². The Morgan fingerprint density at radius 2 is 1.64 bits per heavy atom. The number of aryl methyl sites for hydroxylation is 1. The average Bonchev–Trinajstić information content (AvgIpc) is 3.63. The Labute approximate surface area is 242 Å². The summed E-state index contributed by atoms with van der Waals surface area (Å²) in [6.07, 6.45) is -4.51. The van der Waals surface area contributed by atoms with Crippen molar-refractivity contribution in [3.63, 3.8) is 0 Å². The minimum absolute atomic E-state index is 0.0121. The molecule has 1 aliphatic rings. The lowest BCUT2D eigenvalue weighted by Gasteiger charge is -2.38. The number of nitriles is 1. The minimum Gasteiger partial charge on any atom is -0.368 e. The largest absolute Gasteiger partial charge is 0.504 e. The van der Waals surface area contributed by atoms with E-state index < -0.39 is 24.0 Å². The Morgan fingerprint density at radius 3 is 2.23 bits per heavy atom. The maximum Gasteiger partial charge on any atom is 0.504 e. The van der Waals surface area contributed by atoms with Gasteiger partial charge in [-0.15, -0.1) is 28.5 Å². The molecule has 6 heterocycles. The van der Waals surface area contributed by atoms with Gasteiger partial charge in [-0.2, -0.15) is 23.1 Å². The number of hydrogen-bond donors (Lipinski definition) is 0. The average molecular weight is 617 g/mol. The predicted octanol–water partition coefficient (Wildman–Crippen LogP) is 4.91. The van der Waals surface area contributed by atoms with Crippen LogP contribution in [0.2, 0.25) is 0 Å². The molecule has 1 fully saturated rings. The third kappa shape index (κ3) is 5.14. The third-order valence-corrected chi connectivity index (χ3v) is 7.19. The maximum absolute atomic E-state index is 15.9. The summed E-state index contributed by atoms with van der Waals surface area (Å²) in [6, 6.07) is 4.74. The van der Waals surface area contributed by atoms with Crippen LogP contribution in [0.15, 0.2) is 43.2 Å². The molecular formula is C26H18F7N11. The van der Waals surface area contributed by atoms with Crippen LogP contribution in [0.25, 0.3) is 33.5 Å². The Morgan fingerprint density at radius 1 is 0.955 bits per heavy atom. The standard InChI is InChI=1S/C26H18F7N11/c1-42-13-38-40-23(42)24(27)2-4-43(5-3-24)20-14(8-34)7-18(17-10-36-22(37-11-17)25(28,29)30)39-19(20)15-6-16-12-44(26(31,32)33)41-21(16)35-9-15/h6-7,9-13H,2-5H2,1H3. The molecular weight excluding hydrogens is 599 g/mol. The molecule has 0 atom stereocenters. The summed E-state index contributed by atoms with van der Waals surface area (Å²) in [5.74, 6) is -1.23. The number of pyridine rings is 2. The molecule has 11 nitrogen and oxygen atoms in total. The van der Waals surface area contributed by atoms with Crippen LogP contribution < -0.4 is 4.90 Å². The van der Waals surface area contributed by atoms with Crippen LogP contribution in [-0.2, 0) is 25.2 Å². The van der Waals surface area contributed by atoms with Gasteiger partial charge in [0.05, 0.1) is 22.6 Å². The van der Waals surface area contributed by atoms with Crippen molar-refractivity contribution in [2.24, 2.45) is 7.05 Å².